The van der Waals surface area contributed by atoms with Gasteiger partial charge in [0.1, 0.15) is 6.04 Å². The number of ether oxygens (including phenoxy) is 2. The van der Waals surface area contributed by atoms with Crippen molar-refractivity contribution < 1.29 is 19.1 Å². The fraction of sp³-hybridized carbons (Fsp3) is 0.286. The van der Waals surface area contributed by atoms with Gasteiger partial charge in [-0.05, 0) is 61.7 Å². The Bertz CT molecular complexity index is 1150. The Morgan fingerprint density at radius 2 is 1.62 bits per heavy atom. The summed E-state index contributed by atoms with van der Waals surface area (Å²) in [5, 5.41) is 3.03. The zero-order chi connectivity index (χ0) is 23.9. The number of benzene rings is 3. The number of amides is 2. The van der Waals surface area contributed by atoms with Gasteiger partial charge < -0.3 is 14.8 Å². The fourth-order valence-electron chi connectivity index (χ4n) is 4.27. The Hall–Kier alpha value is -3.80. The molecule has 0 bridgehead atoms. The number of rotatable bonds is 9. The maximum absolute atomic E-state index is 13.3. The van der Waals surface area contributed by atoms with Crippen molar-refractivity contribution in [3.05, 3.63) is 89.5 Å². The van der Waals surface area contributed by atoms with Crippen LogP contribution in [0.3, 0.4) is 0 Å². The van der Waals surface area contributed by atoms with Gasteiger partial charge in [-0.25, -0.2) is 0 Å². The van der Waals surface area contributed by atoms with Crippen LogP contribution in [0.4, 0.5) is 5.69 Å². The normalized spacial score (nSPS) is 14.4. The predicted molar refractivity (Wildman–Crippen MR) is 133 cm³/mol. The molecule has 2 amide bonds. The summed E-state index contributed by atoms with van der Waals surface area (Å²) in [5.74, 6) is 1.10. The summed E-state index contributed by atoms with van der Waals surface area (Å²) in [6.45, 7) is 5.45. The van der Waals surface area contributed by atoms with Crippen LogP contribution >= 0.6 is 0 Å². The van der Waals surface area contributed by atoms with Gasteiger partial charge in [-0.3, -0.25) is 14.5 Å². The third-order valence-corrected chi connectivity index (χ3v) is 5.84. The third-order valence-electron chi connectivity index (χ3n) is 5.84. The maximum Gasteiger partial charge on any atom is 0.259 e. The van der Waals surface area contributed by atoms with Crippen molar-refractivity contribution in [3.8, 4) is 11.5 Å². The molecule has 0 spiro atoms. The van der Waals surface area contributed by atoms with E-state index >= 15 is 0 Å². The zero-order valence-corrected chi connectivity index (χ0v) is 19.6. The Morgan fingerprint density at radius 3 is 2.38 bits per heavy atom. The quantitative estimate of drug-likeness (QED) is 0.516. The molecule has 1 N–H and O–H groups in total. The van der Waals surface area contributed by atoms with Crippen molar-refractivity contribution in [2.24, 2.45) is 0 Å². The fourth-order valence-corrected chi connectivity index (χ4v) is 4.27. The van der Waals surface area contributed by atoms with E-state index in [2.05, 4.69) is 5.32 Å². The number of carbonyl (C=O) groups is 2. The molecule has 3 aromatic rings. The van der Waals surface area contributed by atoms with Gasteiger partial charge in [0, 0.05) is 24.2 Å². The lowest BCUT2D eigenvalue weighted by Gasteiger charge is -2.25. The van der Waals surface area contributed by atoms with Crippen molar-refractivity contribution in [2.45, 2.75) is 32.7 Å². The van der Waals surface area contributed by atoms with Gasteiger partial charge >= 0.3 is 0 Å². The van der Waals surface area contributed by atoms with Gasteiger partial charge in [0.2, 0.25) is 5.91 Å². The molecule has 0 aromatic heterocycles. The summed E-state index contributed by atoms with van der Waals surface area (Å²) < 4.78 is 11.3. The van der Waals surface area contributed by atoms with Gasteiger partial charge in [-0.15, -0.1) is 0 Å². The van der Waals surface area contributed by atoms with Gasteiger partial charge in [0.05, 0.1) is 13.2 Å². The largest absolute Gasteiger partial charge is 0.490 e. The summed E-state index contributed by atoms with van der Waals surface area (Å²) in [6.07, 6.45) is 1.14. The van der Waals surface area contributed by atoms with E-state index in [-0.39, 0.29) is 11.8 Å². The molecule has 1 aliphatic rings. The van der Waals surface area contributed by atoms with Gasteiger partial charge in [-0.1, -0.05) is 42.5 Å². The summed E-state index contributed by atoms with van der Waals surface area (Å²) in [6, 6.07) is 22.1. The van der Waals surface area contributed by atoms with Crippen LogP contribution in [-0.2, 0) is 17.6 Å². The van der Waals surface area contributed by atoms with Crippen molar-refractivity contribution in [1.82, 2.24) is 5.32 Å². The average molecular weight is 459 g/mol. The van der Waals surface area contributed by atoms with Crippen LogP contribution in [0.5, 0.6) is 11.5 Å². The van der Waals surface area contributed by atoms with E-state index in [4.69, 9.17) is 9.47 Å². The minimum atomic E-state index is -0.579. The molecule has 6 nitrogen and oxygen atoms in total. The second kappa shape index (κ2) is 10.9. The smallest absolute Gasteiger partial charge is 0.259 e. The molecular formula is C28H30N2O4. The van der Waals surface area contributed by atoms with Gasteiger partial charge in [0.25, 0.3) is 5.91 Å². The van der Waals surface area contributed by atoms with Crippen LogP contribution < -0.4 is 19.7 Å². The Kier molecular flexibility index (Phi) is 7.48. The number of carbonyl (C=O) groups excluding carboxylic acids is 2. The molecule has 6 heteroatoms. The topological polar surface area (TPSA) is 67.9 Å². The first-order valence-electron chi connectivity index (χ1n) is 11.7. The zero-order valence-electron chi connectivity index (χ0n) is 19.6. The predicted octanol–water partition coefficient (Wildman–Crippen LogP) is 4.41. The van der Waals surface area contributed by atoms with E-state index < -0.39 is 6.04 Å². The van der Waals surface area contributed by atoms with Gasteiger partial charge in [-0.2, -0.15) is 0 Å². The number of nitrogens with zero attached hydrogens (tertiary/aromatic N) is 1. The molecule has 176 valence electrons. The minimum Gasteiger partial charge on any atom is -0.490 e. The molecule has 1 aliphatic heterocycles. The first kappa shape index (κ1) is 23.4. The lowest BCUT2D eigenvalue weighted by molar-refractivity contribution is -0.122. The Morgan fingerprint density at radius 1 is 0.912 bits per heavy atom. The van der Waals surface area contributed by atoms with E-state index in [1.807, 2.05) is 74.5 Å². The van der Waals surface area contributed by atoms with Crippen molar-refractivity contribution in [1.29, 1.82) is 0 Å². The first-order valence-corrected chi connectivity index (χ1v) is 11.7. The van der Waals surface area contributed by atoms with Crippen LogP contribution in [0.15, 0.2) is 72.8 Å². The monoisotopic (exact) mass is 458 g/mol. The second-order valence-electron chi connectivity index (χ2n) is 8.08. The van der Waals surface area contributed by atoms with E-state index in [9.17, 15) is 9.59 Å². The van der Waals surface area contributed by atoms with Crippen LogP contribution in [0.25, 0.3) is 0 Å². The second-order valence-corrected chi connectivity index (χ2v) is 8.08. The summed E-state index contributed by atoms with van der Waals surface area (Å²) in [7, 11) is 0. The van der Waals surface area contributed by atoms with E-state index in [0.29, 0.717) is 43.9 Å². The number of hydrogen-bond acceptors (Lipinski definition) is 4. The molecule has 34 heavy (non-hydrogen) atoms. The molecule has 0 radical (unpaired) electrons. The number of anilines is 1. The van der Waals surface area contributed by atoms with Crippen LogP contribution in [-0.4, -0.2) is 37.6 Å². The van der Waals surface area contributed by atoms with E-state index in [1.54, 1.807) is 17.0 Å². The molecule has 3 aromatic carbocycles. The Labute approximate surface area is 200 Å². The Balaban J connectivity index is 1.45. The van der Waals surface area contributed by atoms with Crippen LogP contribution in [0, 0.1) is 0 Å². The average Bonchev–Trinajstić information content (AvgIpc) is 3.25. The van der Waals surface area contributed by atoms with Crippen LogP contribution in [0.2, 0.25) is 0 Å². The number of para-hydroxylation sites is 1. The van der Waals surface area contributed by atoms with Gasteiger partial charge in [0.15, 0.2) is 11.5 Å². The molecule has 0 saturated carbocycles. The molecule has 0 unspecified atom stereocenters. The number of hydrogen-bond donors (Lipinski definition) is 1. The lowest BCUT2D eigenvalue weighted by Crippen LogP contribution is -2.48. The highest BCUT2D eigenvalue weighted by atomic mass is 16.5. The maximum atomic E-state index is 13.3. The summed E-state index contributed by atoms with van der Waals surface area (Å²) in [5.41, 5.74) is 3.40. The molecule has 0 saturated heterocycles. The highest BCUT2D eigenvalue weighted by molar-refractivity contribution is 6.11. The number of nitrogens with one attached hydrogen (secondary N) is 1. The highest BCUT2D eigenvalue weighted by Gasteiger charge is 2.38. The van der Waals surface area contributed by atoms with Crippen molar-refractivity contribution in [2.75, 3.05) is 24.7 Å². The minimum absolute atomic E-state index is 0.156. The molecule has 1 heterocycles. The first-order chi connectivity index (χ1) is 16.6. The number of fused-ring (bicyclic) bond motifs is 1. The SMILES string of the molecule is CCOc1ccc(CCNC(=O)[C@H]2Cc3ccccc3N2C(=O)c2ccccc2)cc1OCC. The summed E-state index contributed by atoms with van der Waals surface area (Å²) in [4.78, 5) is 28.2. The van der Waals surface area contributed by atoms with E-state index in [0.717, 1.165) is 22.6 Å². The lowest BCUT2D eigenvalue weighted by atomic mass is 10.1. The molecule has 1 atom stereocenters. The highest BCUT2D eigenvalue weighted by Crippen LogP contribution is 2.33. The van der Waals surface area contributed by atoms with Crippen molar-refractivity contribution >= 4 is 17.5 Å². The summed E-state index contributed by atoms with van der Waals surface area (Å²) >= 11 is 0. The molecular weight excluding hydrogens is 428 g/mol. The van der Waals surface area contributed by atoms with Crippen molar-refractivity contribution in [3.63, 3.8) is 0 Å². The third kappa shape index (κ3) is 5.06. The standard InChI is InChI=1S/C28H30N2O4/c1-3-33-25-15-14-20(18-26(25)34-4-2)16-17-29-27(31)24-19-22-12-8-9-13-23(22)30(24)28(32)21-10-6-5-7-11-21/h5-15,18,24H,3-4,16-17,19H2,1-2H3,(H,29,31)/t24-/m1/s1. The molecule has 0 aliphatic carbocycles. The molecule has 0 fully saturated rings. The van der Waals surface area contributed by atoms with E-state index in [1.165, 1.54) is 0 Å². The molecule has 4 rings (SSSR count). The van der Waals surface area contributed by atoms with Crippen LogP contribution in [0.1, 0.15) is 35.3 Å².